The predicted molar refractivity (Wildman–Crippen MR) is 53.4 cm³/mol. The van der Waals surface area contributed by atoms with E-state index in [0.717, 1.165) is 5.92 Å². The van der Waals surface area contributed by atoms with Gasteiger partial charge in [0.15, 0.2) is 0 Å². The SMILES string of the molecule is CC(C)N(C)C[C@@H]1CCN(C)C1. The summed E-state index contributed by atoms with van der Waals surface area (Å²) in [5.41, 5.74) is 0. The van der Waals surface area contributed by atoms with Gasteiger partial charge in [0.1, 0.15) is 0 Å². The van der Waals surface area contributed by atoms with Gasteiger partial charge in [0.2, 0.25) is 0 Å². The minimum Gasteiger partial charge on any atom is -0.306 e. The summed E-state index contributed by atoms with van der Waals surface area (Å²) in [5.74, 6) is 0.905. The first-order valence-corrected chi connectivity index (χ1v) is 4.98. The van der Waals surface area contributed by atoms with Crippen molar-refractivity contribution >= 4 is 0 Å². The topological polar surface area (TPSA) is 6.48 Å². The van der Waals surface area contributed by atoms with Gasteiger partial charge < -0.3 is 9.80 Å². The molecule has 0 aromatic heterocycles. The van der Waals surface area contributed by atoms with Crippen molar-refractivity contribution in [2.75, 3.05) is 33.7 Å². The van der Waals surface area contributed by atoms with Crippen LogP contribution in [0.15, 0.2) is 0 Å². The molecule has 0 aromatic rings. The van der Waals surface area contributed by atoms with E-state index in [4.69, 9.17) is 0 Å². The Hall–Kier alpha value is -0.0800. The van der Waals surface area contributed by atoms with Crippen LogP contribution >= 0.6 is 0 Å². The molecule has 72 valence electrons. The molecule has 0 radical (unpaired) electrons. The predicted octanol–water partition coefficient (Wildman–Crippen LogP) is 1.28. The van der Waals surface area contributed by atoms with E-state index < -0.39 is 0 Å². The normalized spacial score (nSPS) is 26.0. The summed E-state index contributed by atoms with van der Waals surface area (Å²) in [6.07, 6.45) is 1.38. The zero-order chi connectivity index (χ0) is 9.14. The Labute approximate surface area is 76.5 Å². The van der Waals surface area contributed by atoms with Crippen LogP contribution in [0.2, 0.25) is 0 Å². The third kappa shape index (κ3) is 2.76. The summed E-state index contributed by atoms with van der Waals surface area (Å²) in [5, 5.41) is 0. The molecular formula is C10H22N2. The van der Waals surface area contributed by atoms with Gasteiger partial charge in [-0.3, -0.25) is 0 Å². The Bertz CT molecular complexity index is 134. The highest BCUT2D eigenvalue weighted by Gasteiger charge is 2.21. The number of hydrogen-bond acceptors (Lipinski definition) is 2. The largest absolute Gasteiger partial charge is 0.306 e. The van der Waals surface area contributed by atoms with E-state index in [1.54, 1.807) is 0 Å². The third-order valence-electron chi connectivity index (χ3n) is 2.92. The van der Waals surface area contributed by atoms with E-state index in [1.165, 1.54) is 26.1 Å². The number of hydrogen-bond donors (Lipinski definition) is 0. The molecule has 1 aliphatic rings. The van der Waals surface area contributed by atoms with Gasteiger partial charge in [0, 0.05) is 19.1 Å². The smallest absolute Gasteiger partial charge is 0.00356 e. The molecule has 12 heavy (non-hydrogen) atoms. The van der Waals surface area contributed by atoms with E-state index >= 15 is 0 Å². The highest BCUT2D eigenvalue weighted by Crippen LogP contribution is 2.15. The Balaban J connectivity index is 2.23. The van der Waals surface area contributed by atoms with E-state index in [1.807, 2.05) is 0 Å². The summed E-state index contributed by atoms with van der Waals surface area (Å²) < 4.78 is 0. The van der Waals surface area contributed by atoms with Crippen LogP contribution in [-0.4, -0.2) is 49.6 Å². The van der Waals surface area contributed by atoms with Gasteiger partial charge in [-0.15, -0.1) is 0 Å². The number of nitrogens with zero attached hydrogens (tertiary/aromatic N) is 2. The fourth-order valence-corrected chi connectivity index (χ4v) is 1.79. The highest BCUT2D eigenvalue weighted by atomic mass is 15.2. The Morgan fingerprint density at radius 1 is 1.50 bits per heavy atom. The lowest BCUT2D eigenvalue weighted by atomic mass is 10.1. The molecule has 0 spiro atoms. The van der Waals surface area contributed by atoms with Gasteiger partial charge >= 0.3 is 0 Å². The number of rotatable bonds is 3. The molecule has 1 atom stereocenters. The quantitative estimate of drug-likeness (QED) is 0.629. The summed E-state index contributed by atoms with van der Waals surface area (Å²) in [7, 11) is 4.44. The molecule has 0 unspecified atom stereocenters. The lowest BCUT2D eigenvalue weighted by molar-refractivity contribution is 0.230. The van der Waals surface area contributed by atoms with Gasteiger partial charge in [0.25, 0.3) is 0 Å². The average Bonchev–Trinajstić information content (AvgIpc) is 2.35. The van der Waals surface area contributed by atoms with Crippen molar-refractivity contribution in [3.63, 3.8) is 0 Å². The van der Waals surface area contributed by atoms with Crippen molar-refractivity contribution in [2.45, 2.75) is 26.3 Å². The Morgan fingerprint density at radius 3 is 2.58 bits per heavy atom. The van der Waals surface area contributed by atoms with Crippen LogP contribution in [0.3, 0.4) is 0 Å². The van der Waals surface area contributed by atoms with Crippen LogP contribution in [0.4, 0.5) is 0 Å². The number of likely N-dealkylation sites (tertiary alicyclic amines) is 1. The van der Waals surface area contributed by atoms with Gasteiger partial charge in [-0.1, -0.05) is 0 Å². The van der Waals surface area contributed by atoms with Crippen LogP contribution in [0.5, 0.6) is 0 Å². The van der Waals surface area contributed by atoms with Crippen LogP contribution in [0.25, 0.3) is 0 Å². The molecule has 0 N–H and O–H groups in total. The highest BCUT2D eigenvalue weighted by molar-refractivity contribution is 4.75. The molecule has 1 aliphatic heterocycles. The van der Waals surface area contributed by atoms with E-state index in [2.05, 4.69) is 37.7 Å². The van der Waals surface area contributed by atoms with E-state index in [-0.39, 0.29) is 0 Å². The van der Waals surface area contributed by atoms with Crippen molar-refractivity contribution in [3.8, 4) is 0 Å². The molecule has 0 saturated carbocycles. The van der Waals surface area contributed by atoms with Crippen LogP contribution in [0, 0.1) is 5.92 Å². The molecule has 1 heterocycles. The fourth-order valence-electron chi connectivity index (χ4n) is 1.79. The van der Waals surface area contributed by atoms with Gasteiger partial charge in [-0.25, -0.2) is 0 Å². The molecule has 0 aliphatic carbocycles. The monoisotopic (exact) mass is 170 g/mol. The van der Waals surface area contributed by atoms with E-state index in [0.29, 0.717) is 6.04 Å². The van der Waals surface area contributed by atoms with Crippen molar-refractivity contribution in [2.24, 2.45) is 5.92 Å². The molecule has 0 aromatic carbocycles. The molecule has 0 bridgehead atoms. The zero-order valence-corrected chi connectivity index (χ0v) is 8.88. The van der Waals surface area contributed by atoms with Crippen LogP contribution < -0.4 is 0 Å². The minimum atomic E-state index is 0.691. The molecule has 2 heteroatoms. The fraction of sp³-hybridized carbons (Fsp3) is 1.00. The molecule has 0 amide bonds. The zero-order valence-electron chi connectivity index (χ0n) is 8.88. The summed E-state index contributed by atoms with van der Waals surface area (Å²) >= 11 is 0. The second kappa shape index (κ2) is 4.24. The molecular weight excluding hydrogens is 148 g/mol. The Kier molecular flexibility index (Phi) is 3.53. The first kappa shape index (κ1) is 10.0. The maximum atomic E-state index is 2.45. The van der Waals surface area contributed by atoms with Gasteiger partial charge in [0.05, 0.1) is 0 Å². The van der Waals surface area contributed by atoms with Crippen LogP contribution in [0.1, 0.15) is 20.3 Å². The molecule has 1 rings (SSSR count). The Morgan fingerprint density at radius 2 is 2.17 bits per heavy atom. The maximum Gasteiger partial charge on any atom is 0.00356 e. The van der Waals surface area contributed by atoms with Gasteiger partial charge in [-0.2, -0.15) is 0 Å². The minimum absolute atomic E-state index is 0.691. The second-order valence-corrected chi connectivity index (χ2v) is 4.45. The molecule has 1 saturated heterocycles. The molecule has 2 nitrogen and oxygen atoms in total. The average molecular weight is 170 g/mol. The van der Waals surface area contributed by atoms with Crippen molar-refractivity contribution < 1.29 is 0 Å². The van der Waals surface area contributed by atoms with E-state index in [9.17, 15) is 0 Å². The lowest BCUT2D eigenvalue weighted by Crippen LogP contribution is -2.32. The van der Waals surface area contributed by atoms with Crippen molar-refractivity contribution in [3.05, 3.63) is 0 Å². The third-order valence-corrected chi connectivity index (χ3v) is 2.92. The molecule has 1 fully saturated rings. The van der Waals surface area contributed by atoms with Crippen LogP contribution in [-0.2, 0) is 0 Å². The summed E-state index contributed by atoms with van der Waals surface area (Å²) in [6, 6.07) is 0.691. The van der Waals surface area contributed by atoms with Crippen molar-refractivity contribution in [1.29, 1.82) is 0 Å². The first-order valence-electron chi connectivity index (χ1n) is 4.98. The first-order chi connectivity index (χ1) is 5.59. The lowest BCUT2D eigenvalue weighted by Gasteiger charge is -2.24. The van der Waals surface area contributed by atoms with Crippen molar-refractivity contribution in [1.82, 2.24) is 9.80 Å². The standard InChI is InChI=1S/C10H22N2/c1-9(2)12(4)8-10-5-6-11(3)7-10/h9-10H,5-8H2,1-4H3/t10-/m1/s1. The van der Waals surface area contributed by atoms with Gasteiger partial charge in [-0.05, 0) is 46.8 Å². The maximum absolute atomic E-state index is 2.45. The summed E-state index contributed by atoms with van der Waals surface area (Å²) in [6.45, 7) is 8.37. The summed E-state index contributed by atoms with van der Waals surface area (Å²) in [4.78, 5) is 4.88. The second-order valence-electron chi connectivity index (χ2n) is 4.45.